The molecule has 1 aliphatic heterocycles. The maximum Gasteiger partial charge on any atom is 0.305 e. The largest absolute Gasteiger partial charge is 0.481 e. The Kier molecular flexibility index (Phi) is 31.1. The molecule has 0 spiro atoms. The number of aliphatic carboxylic acids is 3. The molecule has 0 aromatic rings. The fraction of sp³-hybridized carbons (Fsp3) is 0.772. The van der Waals surface area contributed by atoms with Gasteiger partial charge in [0.25, 0.3) is 0 Å². The van der Waals surface area contributed by atoms with Crippen molar-refractivity contribution in [1.82, 2.24) is 47.4 Å². The third-order valence-electron chi connectivity index (χ3n) is 16.0. The van der Waals surface area contributed by atoms with Crippen LogP contribution in [-0.2, 0) is 62.3 Å². The van der Waals surface area contributed by atoms with Gasteiger partial charge in [0, 0.05) is 18.7 Å². The van der Waals surface area contributed by atoms with Gasteiger partial charge < -0.3 is 74.2 Å². The third-order valence-corrected chi connectivity index (χ3v) is 16.4. The minimum atomic E-state index is -1.65. The molecule has 0 radical (unpaired) electrons. The van der Waals surface area contributed by atoms with Crippen molar-refractivity contribution in [3.63, 3.8) is 0 Å². The first kappa shape index (κ1) is 72.7. The zero-order valence-corrected chi connectivity index (χ0v) is 51.0. The summed E-state index contributed by atoms with van der Waals surface area (Å²) >= 11 is 4.44. The van der Waals surface area contributed by atoms with E-state index in [0.717, 1.165) is 64.2 Å². The van der Waals surface area contributed by atoms with Crippen molar-refractivity contribution in [2.45, 2.75) is 237 Å². The van der Waals surface area contributed by atoms with Crippen LogP contribution < -0.4 is 54.0 Å². The molecule has 85 heavy (non-hydrogen) atoms. The molecular formula is C57H95N11O16S. The molecule has 2 aliphatic carbocycles. The Hall–Kier alpha value is -6.58. The smallest absolute Gasteiger partial charge is 0.305 e. The SMILES string of the molecule is CC[C@H](C)[C@H](NC(=O)[C@H](CC(C)C)NC(=O)[C@@H](CCC(=O)O)NC(=O)[C@@H](N)CC(=O)O)C(=O)N[C@@H](CC1CCCCC1)C(=O)N[C@@H](CS)C(=O)N1CCC[C@H]1C(=O)N[C@@H](CC1CCCCC1)C(=O)N[C@@H](CC(=O)O)C(=O)N[C@@H](CC(C)C)C(N)=O. The predicted molar refractivity (Wildman–Crippen MR) is 313 cm³/mol. The van der Waals surface area contributed by atoms with Crippen LogP contribution in [0.25, 0.3) is 0 Å². The second-order valence-electron chi connectivity index (χ2n) is 24.0. The van der Waals surface area contributed by atoms with Crippen LogP contribution in [0.2, 0.25) is 0 Å². The molecule has 2 saturated carbocycles. The van der Waals surface area contributed by atoms with Crippen LogP contribution in [0.15, 0.2) is 0 Å². The fourth-order valence-corrected chi connectivity index (χ4v) is 11.4. The zero-order chi connectivity index (χ0) is 63.7. The lowest BCUT2D eigenvalue weighted by Gasteiger charge is -2.33. The van der Waals surface area contributed by atoms with Gasteiger partial charge in [-0.3, -0.25) is 62.3 Å². The van der Waals surface area contributed by atoms with Crippen LogP contribution in [0.5, 0.6) is 0 Å². The number of nitrogens with zero attached hydrogens (tertiary/aromatic N) is 1. The Labute approximate surface area is 503 Å². The van der Waals surface area contributed by atoms with E-state index in [4.69, 9.17) is 16.6 Å². The number of carboxylic acids is 3. The molecule has 11 atom stereocenters. The van der Waals surface area contributed by atoms with E-state index in [1.54, 1.807) is 41.5 Å². The average molecular weight is 1220 g/mol. The number of hydrogen-bond donors (Lipinski definition) is 14. The summed E-state index contributed by atoms with van der Waals surface area (Å²) in [7, 11) is 0. The lowest BCUT2D eigenvalue weighted by molar-refractivity contribution is -0.143. The highest BCUT2D eigenvalue weighted by atomic mass is 32.1. The van der Waals surface area contributed by atoms with Gasteiger partial charge in [0.15, 0.2) is 0 Å². The molecule has 0 aromatic heterocycles. The van der Waals surface area contributed by atoms with Gasteiger partial charge in [-0.2, -0.15) is 12.6 Å². The van der Waals surface area contributed by atoms with E-state index in [-0.39, 0.29) is 68.1 Å². The second-order valence-corrected chi connectivity index (χ2v) is 24.4. The van der Waals surface area contributed by atoms with Crippen molar-refractivity contribution in [1.29, 1.82) is 0 Å². The molecule has 28 heteroatoms. The normalized spacial score (nSPS) is 19.2. The molecule has 1 saturated heterocycles. The van der Waals surface area contributed by atoms with Crippen molar-refractivity contribution < 1.29 is 77.6 Å². The first-order chi connectivity index (χ1) is 40.0. The number of amides is 10. The molecule has 480 valence electrons. The number of carbonyl (C=O) groups is 13. The van der Waals surface area contributed by atoms with Crippen molar-refractivity contribution in [3.8, 4) is 0 Å². The summed E-state index contributed by atoms with van der Waals surface area (Å²) in [6.45, 7) is 10.7. The van der Waals surface area contributed by atoms with Crippen molar-refractivity contribution in [2.24, 2.45) is 41.1 Å². The first-order valence-corrected chi connectivity index (χ1v) is 30.7. The molecule has 3 rings (SSSR count). The van der Waals surface area contributed by atoms with Gasteiger partial charge in [0.2, 0.25) is 59.1 Å². The summed E-state index contributed by atoms with van der Waals surface area (Å²) < 4.78 is 0. The van der Waals surface area contributed by atoms with Gasteiger partial charge in [0.1, 0.15) is 54.4 Å². The molecule has 3 fully saturated rings. The standard InChI is InChI=1S/C57H95N11O16S/c1-7-32(6)47(67-54(81)38(24-31(4)5)62-50(77)36(20-21-44(69)70)60-49(76)35(58)27-45(71)72)56(83)65-40(26-34-17-12-9-13-18-34)52(79)66-42(29-85)57(84)68-22-14-19-43(68)55(82)64-39(25-33-15-10-8-11-16-33)51(78)63-41(28-46(73)74)53(80)61-37(48(59)75)23-30(2)3/h30-43,47,85H,7-29,58H2,1-6H3,(H2,59,75)(H,60,76)(H,61,80)(H,62,77)(H,63,78)(H,64,82)(H,65,83)(H,66,79)(H,67,81)(H,69,70)(H,71,72)(H,73,74)/t32-,35-,36+,37-,38-,39-,40-,41-,42-,43-,47-/m0/s1. The molecule has 3 aliphatic rings. The summed E-state index contributed by atoms with van der Waals surface area (Å²) in [5.74, 6) is -13.6. The van der Waals surface area contributed by atoms with Crippen LogP contribution >= 0.6 is 12.6 Å². The Morgan fingerprint density at radius 2 is 0.953 bits per heavy atom. The molecule has 15 N–H and O–H groups in total. The van der Waals surface area contributed by atoms with E-state index in [2.05, 4.69) is 55.2 Å². The van der Waals surface area contributed by atoms with E-state index in [1.165, 1.54) is 4.90 Å². The minimum Gasteiger partial charge on any atom is -0.481 e. The van der Waals surface area contributed by atoms with Gasteiger partial charge in [-0.05, 0) is 74.5 Å². The molecule has 27 nitrogen and oxygen atoms in total. The maximum absolute atomic E-state index is 14.6. The lowest BCUT2D eigenvalue weighted by atomic mass is 9.84. The summed E-state index contributed by atoms with van der Waals surface area (Å²) in [5, 5.41) is 49.2. The van der Waals surface area contributed by atoms with Crippen LogP contribution in [0, 0.1) is 29.6 Å². The van der Waals surface area contributed by atoms with Crippen molar-refractivity contribution in [2.75, 3.05) is 12.3 Å². The van der Waals surface area contributed by atoms with E-state index < -0.39 is 169 Å². The molecular weight excluding hydrogens is 1130 g/mol. The number of nitrogens with two attached hydrogens (primary N) is 2. The van der Waals surface area contributed by atoms with Gasteiger partial charge in [-0.15, -0.1) is 0 Å². The number of hydrogen-bond acceptors (Lipinski definition) is 15. The third kappa shape index (κ3) is 25.1. The highest BCUT2D eigenvalue weighted by Gasteiger charge is 2.42. The number of likely N-dealkylation sites (tertiary alicyclic amines) is 1. The fourth-order valence-electron chi connectivity index (χ4n) is 11.1. The van der Waals surface area contributed by atoms with Gasteiger partial charge in [0.05, 0.1) is 18.9 Å². The Morgan fingerprint density at radius 3 is 1.45 bits per heavy atom. The molecule has 0 unspecified atom stereocenters. The number of thiol groups is 1. The molecule has 0 bridgehead atoms. The van der Waals surface area contributed by atoms with Crippen LogP contribution in [-0.4, -0.2) is 170 Å². The van der Waals surface area contributed by atoms with E-state index >= 15 is 0 Å². The van der Waals surface area contributed by atoms with Gasteiger partial charge in [-0.1, -0.05) is 112 Å². The maximum atomic E-state index is 14.6. The number of nitrogens with one attached hydrogen (secondary N) is 8. The lowest BCUT2D eigenvalue weighted by Crippen LogP contribution is -2.61. The zero-order valence-electron chi connectivity index (χ0n) is 50.1. The van der Waals surface area contributed by atoms with Crippen LogP contribution in [0.1, 0.15) is 176 Å². The van der Waals surface area contributed by atoms with Gasteiger partial charge >= 0.3 is 17.9 Å². The average Bonchev–Trinajstić information content (AvgIpc) is 4.05. The number of rotatable bonds is 36. The van der Waals surface area contributed by atoms with E-state index in [1.807, 2.05) is 0 Å². The summed E-state index contributed by atoms with van der Waals surface area (Å²) in [6.07, 6.45) is 7.19. The van der Waals surface area contributed by atoms with E-state index in [9.17, 15) is 72.5 Å². The van der Waals surface area contributed by atoms with Crippen LogP contribution in [0.3, 0.4) is 0 Å². The first-order valence-electron chi connectivity index (χ1n) is 30.1. The predicted octanol–water partition coefficient (Wildman–Crippen LogP) is 0.491. The highest BCUT2D eigenvalue weighted by molar-refractivity contribution is 7.80. The topological polar surface area (TPSA) is 434 Å². The Bertz CT molecular complexity index is 2330. The Morgan fingerprint density at radius 1 is 0.506 bits per heavy atom. The van der Waals surface area contributed by atoms with E-state index in [0.29, 0.717) is 12.8 Å². The molecule has 10 amide bonds. The number of carboxylic acid groups (broad SMARTS) is 3. The van der Waals surface area contributed by atoms with Crippen molar-refractivity contribution >= 4 is 89.6 Å². The highest BCUT2D eigenvalue weighted by Crippen LogP contribution is 2.30. The Balaban J connectivity index is 1.88. The van der Waals surface area contributed by atoms with Crippen molar-refractivity contribution in [3.05, 3.63) is 0 Å². The molecule has 0 aromatic carbocycles. The second kappa shape index (κ2) is 36.4. The van der Waals surface area contributed by atoms with Crippen LogP contribution in [0.4, 0.5) is 0 Å². The molecule has 1 heterocycles. The summed E-state index contributed by atoms with van der Waals surface area (Å²) in [6, 6.07) is -13.5. The minimum absolute atomic E-state index is 0.0124. The summed E-state index contributed by atoms with van der Waals surface area (Å²) in [5.41, 5.74) is 11.2. The number of carbonyl (C=O) groups excluding carboxylic acids is 10. The monoisotopic (exact) mass is 1220 g/mol. The van der Waals surface area contributed by atoms with Gasteiger partial charge in [-0.25, -0.2) is 0 Å². The number of primary amides is 1. The summed E-state index contributed by atoms with van der Waals surface area (Å²) in [4.78, 5) is 175. The quantitative estimate of drug-likeness (QED) is 0.0380.